The molecule has 0 aliphatic carbocycles. The Kier molecular flexibility index (Phi) is 4.21. The summed E-state index contributed by atoms with van der Waals surface area (Å²) in [4.78, 5) is 18.7. The first kappa shape index (κ1) is 15.8. The minimum atomic E-state index is -0.347. The van der Waals surface area contributed by atoms with Crippen LogP contribution in [0, 0.1) is 0 Å². The first-order chi connectivity index (χ1) is 12.3. The van der Waals surface area contributed by atoms with Crippen LogP contribution in [-0.4, -0.2) is 44.4 Å². The number of aliphatic hydroxyl groups excluding tert-OH is 1. The molecule has 3 heterocycles. The number of aliphatic hydroxyl groups is 1. The number of aromatic amines is 1. The molecule has 4 rings (SSSR count). The molecule has 25 heavy (non-hydrogen) atoms. The molecule has 1 aromatic carbocycles. The molecule has 0 saturated carbocycles. The van der Waals surface area contributed by atoms with Crippen molar-refractivity contribution in [2.45, 2.75) is 12.5 Å². The third-order valence-electron chi connectivity index (χ3n) is 4.37. The molecule has 7 nitrogen and oxygen atoms in total. The van der Waals surface area contributed by atoms with Crippen LogP contribution < -0.4 is 5.32 Å². The number of H-pyrrole nitrogens is 1. The van der Waals surface area contributed by atoms with Gasteiger partial charge in [0.1, 0.15) is 10.7 Å². The Hall–Kier alpha value is -2.71. The number of benzene rings is 1. The van der Waals surface area contributed by atoms with Gasteiger partial charge in [-0.3, -0.25) is 5.10 Å². The van der Waals surface area contributed by atoms with E-state index in [0.717, 1.165) is 17.0 Å². The van der Waals surface area contributed by atoms with E-state index in [4.69, 9.17) is 0 Å². The van der Waals surface area contributed by atoms with E-state index in [1.54, 1.807) is 17.3 Å². The van der Waals surface area contributed by atoms with Crippen LogP contribution in [0.4, 0.5) is 10.5 Å². The molecule has 1 aliphatic heterocycles. The van der Waals surface area contributed by atoms with Crippen molar-refractivity contribution in [3.8, 4) is 10.7 Å². The average Bonchev–Trinajstić information content (AvgIpc) is 3.31. The molecule has 3 aromatic rings. The molecule has 2 amide bonds. The number of nitrogens with one attached hydrogen (secondary N) is 2. The highest BCUT2D eigenvalue weighted by molar-refractivity contribution is 7.13. The van der Waals surface area contributed by atoms with Gasteiger partial charge in [0.25, 0.3) is 0 Å². The number of aromatic nitrogens is 3. The lowest BCUT2D eigenvalue weighted by atomic mass is 9.93. The fraction of sp³-hybridized carbons (Fsp3) is 0.235. The van der Waals surface area contributed by atoms with Gasteiger partial charge in [-0.1, -0.05) is 24.3 Å². The highest BCUT2D eigenvalue weighted by atomic mass is 32.1. The maximum absolute atomic E-state index is 12.8. The van der Waals surface area contributed by atoms with Crippen LogP contribution in [0.25, 0.3) is 10.7 Å². The van der Waals surface area contributed by atoms with Crippen molar-refractivity contribution >= 4 is 23.1 Å². The van der Waals surface area contributed by atoms with Crippen LogP contribution in [0.2, 0.25) is 0 Å². The second-order valence-electron chi connectivity index (χ2n) is 5.77. The number of rotatable bonds is 3. The summed E-state index contributed by atoms with van der Waals surface area (Å²) < 4.78 is 0. The molecule has 3 N–H and O–H groups in total. The Labute approximate surface area is 148 Å². The summed E-state index contributed by atoms with van der Waals surface area (Å²) >= 11 is 1.47. The zero-order valence-corrected chi connectivity index (χ0v) is 14.2. The maximum Gasteiger partial charge on any atom is 0.322 e. The van der Waals surface area contributed by atoms with Crippen molar-refractivity contribution in [2.24, 2.45) is 0 Å². The van der Waals surface area contributed by atoms with Crippen molar-refractivity contribution in [3.63, 3.8) is 0 Å². The fourth-order valence-corrected chi connectivity index (χ4v) is 3.82. The van der Waals surface area contributed by atoms with Crippen LogP contribution in [-0.2, 0) is 6.42 Å². The Morgan fingerprint density at radius 3 is 3.12 bits per heavy atom. The van der Waals surface area contributed by atoms with Gasteiger partial charge in [-0.15, -0.1) is 11.3 Å². The second-order valence-corrected chi connectivity index (χ2v) is 6.66. The number of hydrogen-bond donors (Lipinski definition) is 3. The maximum atomic E-state index is 12.8. The van der Waals surface area contributed by atoms with Crippen LogP contribution in [0.15, 0.2) is 42.0 Å². The second kappa shape index (κ2) is 6.66. The summed E-state index contributed by atoms with van der Waals surface area (Å²) in [6.07, 6.45) is 4.04. The number of urea groups is 1. The number of anilines is 1. The average molecular weight is 355 g/mol. The Bertz CT molecular complexity index is 877. The minimum Gasteiger partial charge on any atom is -0.394 e. The third-order valence-corrected chi connectivity index (χ3v) is 5.16. The predicted octanol–water partition coefficient (Wildman–Crippen LogP) is 2.66. The summed E-state index contributed by atoms with van der Waals surface area (Å²) in [5, 5.41) is 22.2. The molecule has 128 valence electrons. The van der Waals surface area contributed by atoms with Crippen LogP contribution in [0.1, 0.15) is 17.2 Å². The minimum absolute atomic E-state index is 0.116. The van der Waals surface area contributed by atoms with Crippen molar-refractivity contribution in [3.05, 3.63) is 53.2 Å². The monoisotopic (exact) mass is 355 g/mol. The van der Waals surface area contributed by atoms with Crippen LogP contribution >= 0.6 is 11.3 Å². The number of carbonyl (C=O) groups excluding carboxylic acids is 1. The van der Waals surface area contributed by atoms with Gasteiger partial charge in [0.2, 0.25) is 0 Å². The SMILES string of the molecule is O=C(Nc1cn[nH]c1-c1nccs1)N1CCc2ccccc2C1CO. The lowest BCUT2D eigenvalue weighted by Crippen LogP contribution is -2.43. The van der Waals surface area contributed by atoms with Gasteiger partial charge in [0.05, 0.1) is 24.5 Å². The van der Waals surface area contributed by atoms with Crippen molar-refractivity contribution < 1.29 is 9.90 Å². The van der Waals surface area contributed by atoms with Gasteiger partial charge in [-0.25, -0.2) is 9.78 Å². The van der Waals surface area contributed by atoms with E-state index in [0.29, 0.717) is 17.9 Å². The van der Waals surface area contributed by atoms with E-state index in [1.165, 1.54) is 16.9 Å². The molecule has 0 saturated heterocycles. The Balaban J connectivity index is 1.57. The molecule has 0 radical (unpaired) electrons. The van der Waals surface area contributed by atoms with E-state index in [9.17, 15) is 9.90 Å². The third kappa shape index (κ3) is 2.90. The number of amides is 2. The van der Waals surface area contributed by atoms with Gasteiger partial charge in [-0.05, 0) is 17.5 Å². The standard InChI is InChI=1S/C17H17N5O2S/c23-10-14-12-4-2-1-3-11(12)5-7-22(14)17(24)20-13-9-19-21-15(13)16-18-6-8-25-16/h1-4,6,8-9,14,23H,5,7,10H2,(H,19,21)(H,20,24). The number of nitrogens with zero attached hydrogens (tertiary/aromatic N) is 3. The van der Waals surface area contributed by atoms with E-state index in [2.05, 4.69) is 20.5 Å². The number of fused-ring (bicyclic) bond motifs is 1. The molecule has 0 bridgehead atoms. The molecule has 1 atom stereocenters. The van der Waals surface area contributed by atoms with Gasteiger partial charge in [-0.2, -0.15) is 5.10 Å². The zero-order valence-electron chi connectivity index (χ0n) is 13.3. The summed E-state index contributed by atoms with van der Waals surface area (Å²) in [6.45, 7) is 0.438. The molecule has 0 spiro atoms. The molecule has 1 unspecified atom stereocenters. The van der Waals surface area contributed by atoms with Gasteiger partial charge < -0.3 is 15.3 Å². The lowest BCUT2D eigenvalue weighted by Gasteiger charge is -2.36. The Morgan fingerprint density at radius 1 is 1.44 bits per heavy atom. The van der Waals surface area contributed by atoms with Crippen molar-refractivity contribution in [1.82, 2.24) is 20.1 Å². The molecule has 2 aromatic heterocycles. The van der Waals surface area contributed by atoms with Crippen LogP contribution in [0.3, 0.4) is 0 Å². The molecular formula is C17H17N5O2S. The molecule has 8 heteroatoms. The number of carbonyl (C=O) groups is 1. The van der Waals surface area contributed by atoms with Crippen molar-refractivity contribution in [1.29, 1.82) is 0 Å². The summed E-state index contributed by atoms with van der Waals surface area (Å²) in [5.41, 5.74) is 3.44. The highest BCUT2D eigenvalue weighted by Crippen LogP contribution is 2.31. The van der Waals surface area contributed by atoms with Gasteiger partial charge >= 0.3 is 6.03 Å². The molecule has 1 aliphatic rings. The zero-order chi connectivity index (χ0) is 17.2. The fourth-order valence-electron chi connectivity index (χ4n) is 3.17. The summed E-state index contributed by atoms with van der Waals surface area (Å²) in [5.74, 6) is 0. The van der Waals surface area contributed by atoms with E-state index >= 15 is 0 Å². The topological polar surface area (TPSA) is 94.1 Å². The number of hydrogen-bond acceptors (Lipinski definition) is 5. The highest BCUT2D eigenvalue weighted by Gasteiger charge is 2.30. The predicted molar refractivity (Wildman–Crippen MR) is 95.4 cm³/mol. The largest absolute Gasteiger partial charge is 0.394 e. The summed E-state index contributed by atoms with van der Waals surface area (Å²) in [6, 6.07) is 7.32. The first-order valence-corrected chi connectivity index (χ1v) is 8.85. The van der Waals surface area contributed by atoms with Gasteiger partial charge in [0.15, 0.2) is 0 Å². The lowest BCUT2D eigenvalue weighted by molar-refractivity contribution is 0.135. The molecule has 0 fully saturated rings. The number of thiazole rings is 1. The van der Waals surface area contributed by atoms with Crippen molar-refractivity contribution in [2.75, 3.05) is 18.5 Å². The first-order valence-electron chi connectivity index (χ1n) is 7.97. The van der Waals surface area contributed by atoms with E-state index < -0.39 is 0 Å². The molecular weight excluding hydrogens is 338 g/mol. The van der Waals surface area contributed by atoms with E-state index in [-0.39, 0.29) is 18.7 Å². The normalized spacial score (nSPS) is 16.5. The quantitative estimate of drug-likeness (QED) is 0.673. The summed E-state index contributed by atoms with van der Waals surface area (Å²) in [7, 11) is 0. The smallest absolute Gasteiger partial charge is 0.322 e. The van der Waals surface area contributed by atoms with Crippen LogP contribution in [0.5, 0.6) is 0 Å². The Morgan fingerprint density at radius 2 is 2.32 bits per heavy atom. The van der Waals surface area contributed by atoms with E-state index in [1.807, 2.05) is 29.6 Å². The van der Waals surface area contributed by atoms with Gasteiger partial charge in [0, 0.05) is 18.1 Å².